The summed E-state index contributed by atoms with van der Waals surface area (Å²) in [6.45, 7) is 6.57. The molecule has 6 heteroatoms. The van der Waals surface area contributed by atoms with Gasteiger partial charge in [-0.15, -0.1) is 0 Å². The standard InChI is InChI=1S/C15H20N4O2/c1-9(2)15(8-16)18-14-6-10(3)17-13-5-4-11(19(20)21)7-12(13)14/h4-7,9,15H,8,16H2,1-3H3,(H,17,18). The lowest BCUT2D eigenvalue weighted by Gasteiger charge is -2.23. The Balaban J connectivity index is 2.54. The SMILES string of the molecule is Cc1cc(NC(CN)C(C)C)c2cc([N+](=O)[O-])ccc2n1. The number of aryl methyl sites for hydroxylation is 1. The maximum atomic E-state index is 11.0. The molecule has 2 rings (SSSR count). The maximum Gasteiger partial charge on any atom is 0.270 e. The van der Waals surface area contributed by atoms with E-state index in [-0.39, 0.29) is 11.7 Å². The van der Waals surface area contributed by atoms with E-state index in [4.69, 9.17) is 5.73 Å². The highest BCUT2D eigenvalue weighted by atomic mass is 16.6. The van der Waals surface area contributed by atoms with E-state index in [0.717, 1.165) is 22.3 Å². The number of anilines is 1. The quantitative estimate of drug-likeness (QED) is 0.651. The van der Waals surface area contributed by atoms with Crippen molar-refractivity contribution in [3.63, 3.8) is 0 Å². The van der Waals surface area contributed by atoms with Crippen molar-refractivity contribution in [2.75, 3.05) is 11.9 Å². The summed E-state index contributed by atoms with van der Waals surface area (Å²) >= 11 is 0. The lowest BCUT2D eigenvalue weighted by atomic mass is 10.0. The molecule has 1 unspecified atom stereocenters. The number of nitrogens with two attached hydrogens (primary N) is 1. The van der Waals surface area contributed by atoms with Crippen LogP contribution in [0, 0.1) is 23.0 Å². The molecule has 0 aliphatic heterocycles. The normalized spacial score (nSPS) is 12.6. The third-order valence-electron chi connectivity index (χ3n) is 3.53. The van der Waals surface area contributed by atoms with E-state index in [9.17, 15) is 10.1 Å². The molecule has 1 atom stereocenters. The minimum absolute atomic E-state index is 0.0602. The predicted octanol–water partition coefficient (Wildman–Crippen LogP) is 2.85. The van der Waals surface area contributed by atoms with Crippen LogP contribution in [0.2, 0.25) is 0 Å². The van der Waals surface area contributed by atoms with E-state index in [1.807, 2.05) is 13.0 Å². The van der Waals surface area contributed by atoms with Gasteiger partial charge in [0.15, 0.2) is 0 Å². The number of nitro groups is 1. The number of hydrogen-bond donors (Lipinski definition) is 2. The summed E-state index contributed by atoms with van der Waals surface area (Å²) in [5, 5.41) is 15.1. The molecule has 0 amide bonds. The van der Waals surface area contributed by atoms with Crippen molar-refractivity contribution in [1.29, 1.82) is 0 Å². The average Bonchev–Trinajstić information content (AvgIpc) is 2.43. The van der Waals surface area contributed by atoms with Gasteiger partial charge in [-0.2, -0.15) is 0 Å². The first-order chi connectivity index (χ1) is 9.92. The van der Waals surface area contributed by atoms with E-state index in [1.165, 1.54) is 6.07 Å². The lowest BCUT2D eigenvalue weighted by molar-refractivity contribution is -0.384. The summed E-state index contributed by atoms with van der Waals surface area (Å²) in [4.78, 5) is 15.0. The molecule has 0 radical (unpaired) electrons. The minimum atomic E-state index is -0.397. The Labute approximate surface area is 123 Å². The van der Waals surface area contributed by atoms with Gasteiger partial charge in [0, 0.05) is 41.5 Å². The Morgan fingerprint density at radius 1 is 1.38 bits per heavy atom. The molecule has 0 fully saturated rings. The van der Waals surface area contributed by atoms with Gasteiger partial charge in [0.1, 0.15) is 0 Å². The molecule has 0 saturated heterocycles. The second-order valence-corrected chi connectivity index (χ2v) is 5.50. The molecule has 0 spiro atoms. The van der Waals surface area contributed by atoms with Crippen molar-refractivity contribution < 1.29 is 4.92 Å². The second kappa shape index (κ2) is 6.05. The van der Waals surface area contributed by atoms with Crippen LogP contribution in [-0.2, 0) is 0 Å². The van der Waals surface area contributed by atoms with Crippen molar-refractivity contribution in [3.05, 3.63) is 40.1 Å². The van der Waals surface area contributed by atoms with Gasteiger partial charge in [-0.1, -0.05) is 13.8 Å². The number of nitrogens with zero attached hydrogens (tertiary/aromatic N) is 2. The van der Waals surface area contributed by atoms with Gasteiger partial charge < -0.3 is 11.1 Å². The highest BCUT2D eigenvalue weighted by Crippen LogP contribution is 2.28. The monoisotopic (exact) mass is 288 g/mol. The molecule has 1 heterocycles. The number of nitro benzene ring substituents is 1. The van der Waals surface area contributed by atoms with Gasteiger partial charge in [-0.05, 0) is 25.0 Å². The Hall–Kier alpha value is -2.21. The second-order valence-electron chi connectivity index (χ2n) is 5.50. The largest absolute Gasteiger partial charge is 0.380 e. The molecule has 21 heavy (non-hydrogen) atoms. The third kappa shape index (κ3) is 3.28. The number of aromatic nitrogens is 1. The van der Waals surface area contributed by atoms with Crippen LogP contribution in [0.25, 0.3) is 10.9 Å². The van der Waals surface area contributed by atoms with Gasteiger partial charge >= 0.3 is 0 Å². The molecule has 3 N–H and O–H groups in total. The van der Waals surface area contributed by atoms with Crippen LogP contribution >= 0.6 is 0 Å². The smallest absolute Gasteiger partial charge is 0.270 e. The zero-order valence-corrected chi connectivity index (χ0v) is 12.5. The molecule has 0 bridgehead atoms. The Morgan fingerprint density at radius 2 is 2.10 bits per heavy atom. The number of nitrogens with one attached hydrogen (secondary N) is 1. The van der Waals surface area contributed by atoms with Gasteiger partial charge in [0.25, 0.3) is 5.69 Å². The van der Waals surface area contributed by atoms with E-state index in [1.54, 1.807) is 12.1 Å². The summed E-state index contributed by atoms with van der Waals surface area (Å²) < 4.78 is 0. The molecule has 6 nitrogen and oxygen atoms in total. The molecule has 1 aromatic heterocycles. The zero-order chi connectivity index (χ0) is 15.6. The summed E-state index contributed by atoms with van der Waals surface area (Å²) in [6, 6.07) is 6.71. The molecular weight excluding hydrogens is 268 g/mol. The van der Waals surface area contributed by atoms with Gasteiger partial charge in [-0.25, -0.2) is 0 Å². The average molecular weight is 288 g/mol. The van der Waals surface area contributed by atoms with Crippen LogP contribution in [0.15, 0.2) is 24.3 Å². The highest BCUT2D eigenvalue weighted by molar-refractivity contribution is 5.93. The molecule has 0 aliphatic rings. The van der Waals surface area contributed by atoms with E-state index in [0.29, 0.717) is 12.5 Å². The Kier molecular flexibility index (Phi) is 4.37. The van der Waals surface area contributed by atoms with Crippen molar-refractivity contribution >= 4 is 22.3 Å². The minimum Gasteiger partial charge on any atom is -0.380 e. The van der Waals surface area contributed by atoms with Crippen LogP contribution in [0.3, 0.4) is 0 Å². The Morgan fingerprint density at radius 3 is 2.67 bits per heavy atom. The molecule has 112 valence electrons. The summed E-state index contributed by atoms with van der Waals surface area (Å²) in [5.41, 5.74) is 8.29. The summed E-state index contributed by atoms with van der Waals surface area (Å²) in [7, 11) is 0. The maximum absolute atomic E-state index is 11.0. The van der Waals surface area contributed by atoms with Crippen molar-refractivity contribution in [2.45, 2.75) is 26.8 Å². The fourth-order valence-corrected chi connectivity index (χ4v) is 2.28. The van der Waals surface area contributed by atoms with E-state index in [2.05, 4.69) is 24.1 Å². The molecular formula is C15H20N4O2. The first kappa shape index (κ1) is 15.2. The molecule has 0 saturated carbocycles. The number of rotatable bonds is 5. The summed E-state index contributed by atoms with van der Waals surface area (Å²) in [6.07, 6.45) is 0. The van der Waals surface area contributed by atoms with Gasteiger partial charge in [0.2, 0.25) is 0 Å². The third-order valence-corrected chi connectivity index (χ3v) is 3.53. The van der Waals surface area contributed by atoms with Crippen LogP contribution in [0.5, 0.6) is 0 Å². The van der Waals surface area contributed by atoms with Crippen molar-refractivity contribution in [2.24, 2.45) is 11.7 Å². The summed E-state index contributed by atoms with van der Waals surface area (Å²) in [5.74, 6) is 0.359. The highest BCUT2D eigenvalue weighted by Gasteiger charge is 2.15. The van der Waals surface area contributed by atoms with Crippen LogP contribution in [0.1, 0.15) is 19.5 Å². The van der Waals surface area contributed by atoms with Crippen LogP contribution < -0.4 is 11.1 Å². The molecule has 0 aliphatic carbocycles. The first-order valence-corrected chi connectivity index (χ1v) is 6.94. The molecule has 1 aromatic carbocycles. The van der Waals surface area contributed by atoms with Crippen LogP contribution in [0.4, 0.5) is 11.4 Å². The fourth-order valence-electron chi connectivity index (χ4n) is 2.28. The lowest BCUT2D eigenvalue weighted by Crippen LogP contribution is -2.33. The van der Waals surface area contributed by atoms with E-state index >= 15 is 0 Å². The number of benzene rings is 1. The van der Waals surface area contributed by atoms with Crippen LogP contribution in [-0.4, -0.2) is 22.5 Å². The fraction of sp³-hybridized carbons (Fsp3) is 0.400. The van der Waals surface area contributed by atoms with Crippen molar-refractivity contribution in [1.82, 2.24) is 4.98 Å². The van der Waals surface area contributed by atoms with E-state index < -0.39 is 4.92 Å². The Bertz CT molecular complexity index is 670. The predicted molar refractivity (Wildman–Crippen MR) is 84.4 cm³/mol. The van der Waals surface area contributed by atoms with Crippen molar-refractivity contribution in [3.8, 4) is 0 Å². The zero-order valence-electron chi connectivity index (χ0n) is 12.5. The van der Waals surface area contributed by atoms with Gasteiger partial charge in [-0.3, -0.25) is 15.1 Å². The number of non-ortho nitro benzene ring substituents is 1. The number of pyridine rings is 1. The molecule has 2 aromatic rings. The topological polar surface area (TPSA) is 94.1 Å². The first-order valence-electron chi connectivity index (χ1n) is 6.94. The number of hydrogen-bond acceptors (Lipinski definition) is 5. The number of fused-ring (bicyclic) bond motifs is 1. The van der Waals surface area contributed by atoms with Gasteiger partial charge in [0.05, 0.1) is 10.4 Å².